The van der Waals surface area contributed by atoms with Crippen molar-refractivity contribution in [3.8, 4) is 11.5 Å². The number of aromatic amines is 1. The lowest BCUT2D eigenvalue weighted by molar-refractivity contribution is -0.137. The van der Waals surface area contributed by atoms with Crippen LogP contribution >= 0.6 is 0 Å². The van der Waals surface area contributed by atoms with Gasteiger partial charge in [-0.3, -0.25) is 9.78 Å². The lowest BCUT2D eigenvalue weighted by Crippen LogP contribution is -2.25. The van der Waals surface area contributed by atoms with Gasteiger partial charge in [-0.05, 0) is 29.8 Å². The molecule has 10 heteroatoms. The number of halogens is 3. The van der Waals surface area contributed by atoms with E-state index in [9.17, 15) is 18.0 Å². The summed E-state index contributed by atoms with van der Waals surface area (Å²) in [5.74, 6) is 0.948. The minimum atomic E-state index is -4.40. The summed E-state index contributed by atoms with van der Waals surface area (Å²) in [6.07, 6.45) is -2.41. The summed E-state index contributed by atoms with van der Waals surface area (Å²) in [7, 11) is 0. The third kappa shape index (κ3) is 4.58. The van der Waals surface area contributed by atoms with Crippen molar-refractivity contribution in [1.82, 2.24) is 25.1 Å². The summed E-state index contributed by atoms with van der Waals surface area (Å²) in [6, 6.07) is 10.5. The first kappa shape index (κ1) is 19.9. The number of anilines is 1. The highest BCUT2D eigenvalue weighted by Gasteiger charge is 2.32. The number of hydrogen-bond donors (Lipinski definition) is 2. The van der Waals surface area contributed by atoms with Crippen molar-refractivity contribution in [1.29, 1.82) is 0 Å². The van der Waals surface area contributed by atoms with E-state index in [0.717, 1.165) is 12.1 Å². The molecule has 0 bridgehead atoms. The van der Waals surface area contributed by atoms with Crippen molar-refractivity contribution in [2.45, 2.75) is 19.1 Å². The SMILES string of the molecule is O=C1CC(CNc2nnc(-c3ccccn3)[nH]2)CN1Cc1cccc(C(F)(F)F)c1. The first-order valence-corrected chi connectivity index (χ1v) is 9.40. The van der Waals surface area contributed by atoms with E-state index in [2.05, 4.69) is 25.5 Å². The van der Waals surface area contributed by atoms with Crippen LogP contribution in [-0.4, -0.2) is 44.1 Å². The molecule has 0 radical (unpaired) electrons. The Morgan fingerprint density at radius 2 is 2.03 bits per heavy atom. The van der Waals surface area contributed by atoms with E-state index in [0.29, 0.717) is 42.5 Å². The standard InChI is InChI=1S/C20H19F3N6O/c21-20(22,23)15-5-3-4-13(8-15)11-29-12-14(9-17(29)30)10-25-19-26-18(27-28-19)16-6-1-2-7-24-16/h1-8,14H,9-12H2,(H2,25,26,27,28). The molecule has 0 saturated carbocycles. The van der Waals surface area contributed by atoms with Gasteiger partial charge in [0.05, 0.1) is 5.56 Å². The van der Waals surface area contributed by atoms with Crippen LogP contribution in [0.25, 0.3) is 11.5 Å². The van der Waals surface area contributed by atoms with Crippen LogP contribution in [0.15, 0.2) is 48.7 Å². The van der Waals surface area contributed by atoms with E-state index in [-0.39, 0.29) is 18.4 Å². The summed E-state index contributed by atoms with van der Waals surface area (Å²) in [4.78, 5) is 21.1. The number of likely N-dealkylation sites (tertiary alicyclic amines) is 1. The molecule has 1 amide bonds. The zero-order valence-electron chi connectivity index (χ0n) is 15.9. The number of carbonyl (C=O) groups is 1. The van der Waals surface area contributed by atoms with E-state index in [4.69, 9.17) is 0 Å². The topological polar surface area (TPSA) is 86.8 Å². The van der Waals surface area contributed by atoms with E-state index >= 15 is 0 Å². The highest BCUT2D eigenvalue weighted by Crippen LogP contribution is 2.30. The average molecular weight is 416 g/mol. The number of amides is 1. The van der Waals surface area contributed by atoms with Crippen molar-refractivity contribution in [3.05, 3.63) is 59.8 Å². The summed E-state index contributed by atoms with van der Waals surface area (Å²) in [5, 5.41) is 11.2. The molecule has 1 unspecified atom stereocenters. The Morgan fingerprint density at radius 1 is 1.17 bits per heavy atom. The molecule has 2 N–H and O–H groups in total. The van der Waals surface area contributed by atoms with Crippen LogP contribution in [0.1, 0.15) is 17.5 Å². The fourth-order valence-corrected chi connectivity index (χ4v) is 3.41. The van der Waals surface area contributed by atoms with Crippen LogP contribution in [0.3, 0.4) is 0 Å². The molecule has 1 fully saturated rings. The van der Waals surface area contributed by atoms with Gasteiger partial charge >= 0.3 is 6.18 Å². The Bertz CT molecular complexity index is 1020. The molecule has 1 aliphatic rings. The molecule has 1 aromatic carbocycles. The third-order valence-electron chi connectivity index (χ3n) is 4.87. The summed E-state index contributed by atoms with van der Waals surface area (Å²) < 4.78 is 38.7. The smallest absolute Gasteiger partial charge is 0.354 e. The average Bonchev–Trinajstić information content (AvgIpc) is 3.34. The van der Waals surface area contributed by atoms with Crippen molar-refractivity contribution >= 4 is 11.9 Å². The number of H-pyrrole nitrogens is 1. The molecule has 30 heavy (non-hydrogen) atoms. The molecule has 1 saturated heterocycles. The number of nitrogens with zero attached hydrogens (tertiary/aromatic N) is 4. The molecule has 0 aliphatic carbocycles. The number of hydrogen-bond acceptors (Lipinski definition) is 5. The summed E-state index contributed by atoms with van der Waals surface area (Å²) in [5.41, 5.74) is 0.419. The Kier molecular flexibility index (Phi) is 5.39. The predicted molar refractivity (Wildman–Crippen MR) is 103 cm³/mol. The van der Waals surface area contributed by atoms with Crippen LogP contribution in [0.4, 0.5) is 19.1 Å². The maximum atomic E-state index is 12.9. The maximum Gasteiger partial charge on any atom is 0.416 e. The van der Waals surface area contributed by atoms with Crippen LogP contribution in [0.5, 0.6) is 0 Å². The third-order valence-corrected chi connectivity index (χ3v) is 4.87. The van der Waals surface area contributed by atoms with Gasteiger partial charge < -0.3 is 15.2 Å². The fraction of sp³-hybridized carbons (Fsp3) is 0.300. The number of aromatic nitrogens is 4. The lowest BCUT2D eigenvalue weighted by atomic mass is 10.1. The van der Waals surface area contributed by atoms with E-state index < -0.39 is 11.7 Å². The number of carbonyl (C=O) groups excluding carboxylic acids is 1. The molecule has 1 atom stereocenters. The highest BCUT2D eigenvalue weighted by atomic mass is 19.4. The van der Waals surface area contributed by atoms with Gasteiger partial charge in [-0.25, -0.2) is 0 Å². The summed E-state index contributed by atoms with van der Waals surface area (Å²) in [6.45, 7) is 1.11. The lowest BCUT2D eigenvalue weighted by Gasteiger charge is -2.18. The normalized spacial score (nSPS) is 16.8. The van der Waals surface area contributed by atoms with Crippen molar-refractivity contribution in [2.24, 2.45) is 5.92 Å². The molecular weight excluding hydrogens is 397 g/mol. The van der Waals surface area contributed by atoms with Gasteiger partial charge in [-0.15, -0.1) is 10.2 Å². The Balaban J connectivity index is 1.33. The molecular formula is C20H19F3N6O. The largest absolute Gasteiger partial charge is 0.416 e. The van der Waals surface area contributed by atoms with Gasteiger partial charge in [0.15, 0.2) is 5.82 Å². The van der Waals surface area contributed by atoms with Gasteiger partial charge in [0.1, 0.15) is 5.69 Å². The first-order chi connectivity index (χ1) is 14.4. The first-order valence-electron chi connectivity index (χ1n) is 9.40. The molecule has 156 valence electrons. The predicted octanol–water partition coefficient (Wildman–Crippen LogP) is 3.35. The fourth-order valence-electron chi connectivity index (χ4n) is 3.41. The number of benzene rings is 1. The molecule has 2 aromatic heterocycles. The van der Waals surface area contributed by atoms with Gasteiger partial charge in [0.2, 0.25) is 11.9 Å². The van der Waals surface area contributed by atoms with Crippen LogP contribution in [-0.2, 0) is 17.5 Å². The molecule has 1 aliphatic heterocycles. The minimum absolute atomic E-state index is 0.0201. The quantitative estimate of drug-likeness (QED) is 0.644. The van der Waals surface area contributed by atoms with Crippen LogP contribution < -0.4 is 5.32 Å². The number of rotatable bonds is 6. The van der Waals surface area contributed by atoms with Crippen LogP contribution in [0.2, 0.25) is 0 Å². The van der Waals surface area contributed by atoms with Gasteiger partial charge in [0.25, 0.3) is 0 Å². The van der Waals surface area contributed by atoms with Gasteiger partial charge in [0, 0.05) is 38.2 Å². The zero-order chi connectivity index (χ0) is 21.1. The van der Waals surface area contributed by atoms with Crippen LogP contribution in [0, 0.1) is 5.92 Å². The Labute approximate surface area is 170 Å². The monoisotopic (exact) mass is 416 g/mol. The van der Waals surface area contributed by atoms with Crippen molar-refractivity contribution in [3.63, 3.8) is 0 Å². The van der Waals surface area contributed by atoms with E-state index in [1.54, 1.807) is 23.2 Å². The molecule has 3 heterocycles. The Morgan fingerprint density at radius 3 is 2.80 bits per heavy atom. The second kappa shape index (κ2) is 8.13. The second-order valence-corrected chi connectivity index (χ2v) is 7.16. The highest BCUT2D eigenvalue weighted by molar-refractivity contribution is 5.78. The second-order valence-electron chi connectivity index (χ2n) is 7.16. The number of nitrogens with one attached hydrogen (secondary N) is 2. The zero-order valence-corrected chi connectivity index (χ0v) is 15.9. The molecule has 7 nitrogen and oxygen atoms in total. The van der Waals surface area contributed by atoms with Gasteiger partial charge in [-0.1, -0.05) is 18.2 Å². The van der Waals surface area contributed by atoms with E-state index in [1.807, 2.05) is 12.1 Å². The number of pyridine rings is 1. The molecule has 0 spiro atoms. The number of alkyl halides is 3. The van der Waals surface area contributed by atoms with E-state index in [1.165, 1.54) is 6.07 Å². The van der Waals surface area contributed by atoms with Crippen molar-refractivity contribution in [2.75, 3.05) is 18.4 Å². The Hall–Kier alpha value is -3.43. The minimum Gasteiger partial charge on any atom is -0.354 e. The molecule has 3 aromatic rings. The summed E-state index contributed by atoms with van der Waals surface area (Å²) >= 11 is 0. The maximum absolute atomic E-state index is 12.9. The van der Waals surface area contributed by atoms with Gasteiger partial charge in [-0.2, -0.15) is 13.2 Å². The molecule has 4 rings (SSSR count). The van der Waals surface area contributed by atoms with Crippen molar-refractivity contribution < 1.29 is 18.0 Å².